The van der Waals surface area contributed by atoms with E-state index in [1.807, 2.05) is 0 Å². The molecule has 0 amide bonds. The lowest BCUT2D eigenvalue weighted by Gasteiger charge is -2.16. The van der Waals surface area contributed by atoms with Gasteiger partial charge in [0.1, 0.15) is 5.75 Å². The molecule has 0 saturated carbocycles. The number of nitrogen functional groups attached to an aromatic ring is 1. The van der Waals surface area contributed by atoms with Crippen LogP contribution in [0.1, 0.15) is 25.7 Å². The summed E-state index contributed by atoms with van der Waals surface area (Å²) >= 11 is 12.4. The van der Waals surface area contributed by atoms with E-state index in [0.717, 1.165) is 31.4 Å². The lowest BCUT2D eigenvalue weighted by atomic mass is 10.0. The minimum absolute atomic E-state index is 0.0876. The molecule has 0 atom stereocenters. The van der Waals surface area contributed by atoms with Crippen molar-refractivity contribution in [2.75, 3.05) is 5.43 Å². The molecule has 0 aliphatic heterocycles. The van der Waals surface area contributed by atoms with Crippen molar-refractivity contribution < 1.29 is 4.74 Å². The minimum Gasteiger partial charge on any atom is -0.453 e. The number of anilines is 1. The molecule has 1 aromatic carbocycles. The van der Waals surface area contributed by atoms with Crippen molar-refractivity contribution in [1.82, 2.24) is 4.57 Å². The van der Waals surface area contributed by atoms with Gasteiger partial charge in [0.05, 0.1) is 21.9 Å². The number of benzene rings is 1. The van der Waals surface area contributed by atoms with E-state index in [0.29, 0.717) is 27.2 Å². The van der Waals surface area contributed by atoms with Crippen LogP contribution in [-0.4, -0.2) is 4.57 Å². The average molecular weight is 366 g/mol. The third kappa shape index (κ3) is 3.59. The maximum Gasteiger partial charge on any atom is 0.255 e. The lowest BCUT2D eigenvalue weighted by Crippen LogP contribution is -2.18. The molecule has 3 rings (SSSR count). The van der Waals surface area contributed by atoms with Crippen LogP contribution in [0, 0.1) is 0 Å². The summed E-state index contributed by atoms with van der Waals surface area (Å²) in [4.78, 5) is 12.1. The van der Waals surface area contributed by atoms with Crippen molar-refractivity contribution >= 4 is 34.6 Å². The van der Waals surface area contributed by atoms with E-state index >= 15 is 0 Å². The van der Waals surface area contributed by atoms with E-state index < -0.39 is 0 Å². The third-order valence-electron chi connectivity index (χ3n) is 3.85. The van der Waals surface area contributed by atoms with Crippen molar-refractivity contribution in [2.24, 2.45) is 5.84 Å². The van der Waals surface area contributed by atoms with Gasteiger partial charge in [-0.1, -0.05) is 29.3 Å². The first kappa shape index (κ1) is 16.9. The van der Waals surface area contributed by atoms with E-state index in [9.17, 15) is 4.79 Å². The number of nitrogens with one attached hydrogen (secondary N) is 1. The topological polar surface area (TPSA) is 69.3 Å². The fourth-order valence-corrected chi connectivity index (χ4v) is 3.22. The zero-order valence-corrected chi connectivity index (χ0v) is 14.4. The normalized spacial score (nSPS) is 14.2. The molecule has 0 spiro atoms. The Labute approximate surface area is 149 Å². The highest BCUT2D eigenvalue weighted by atomic mass is 35.5. The Bertz CT molecular complexity index is 823. The first-order valence-electron chi connectivity index (χ1n) is 7.64. The van der Waals surface area contributed by atoms with Crippen LogP contribution < -0.4 is 21.6 Å². The van der Waals surface area contributed by atoms with Gasteiger partial charge in [-0.3, -0.25) is 15.2 Å². The molecular weight excluding hydrogens is 349 g/mol. The molecule has 126 valence electrons. The zero-order valence-electron chi connectivity index (χ0n) is 12.9. The second-order valence-corrected chi connectivity index (χ2v) is 6.34. The molecule has 0 fully saturated rings. The molecule has 1 aliphatic carbocycles. The summed E-state index contributed by atoms with van der Waals surface area (Å²) in [6.07, 6.45) is 7.85. The first-order valence-corrected chi connectivity index (χ1v) is 8.39. The van der Waals surface area contributed by atoms with Gasteiger partial charge in [-0.2, -0.15) is 0 Å². The lowest BCUT2D eigenvalue weighted by molar-refractivity contribution is 0.478. The number of nitrogens with two attached hydrogens (primary N) is 1. The fourth-order valence-electron chi connectivity index (χ4n) is 2.65. The van der Waals surface area contributed by atoms with Gasteiger partial charge in [0.2, 0.25) is 0 Å². The predicted octanol–water partition coefficient (Wildman–Crippen LogP) is 4.65. The van der Waals surface area contributed by atoms with Crippen LogP contribution >= 0.6 is 23.2 Å². The Kier molecular flexibility index (Phi) is 5.14. The van der Waals surface area contributed by atoms with Gasteiger partial charge in [0, 0.05) is 11.8 Å². The van der Waals surface area contributed by atoms with E-state index in [4.69, 9.17) is 33.8 Å². The molecule has 7 heteroatoms. The Hall–Kier alpha value is -1.95. The van der Waals surface area contributed by atoms with Gasteiger partial charge in [0.15, 0.2) is 5.75 Å². The first-order chi connectivity index (χ1) is 11.6. The molecular formula is C17H17Cl2N3O2. The maximum absolute atomic E-state index is 12.1. The summed E-state index contributed by atoms with van der Waals surface area (Å²) in [6.45, 7) is 0. The molecule has 24 heavy (non-hydrogen) atoms. The standard InChI is InChI=1S/C17H17Cl2N3O2/c18-14-8-11(21-20)9-15(19)17(14)24-13-6-7-16(23)22(10-13)12-4-2-1-3-5-12/h4,6-10,21H,1-3,5,20H2. The molecule has 5 nitrogen and oxygen atoms in total. The predicted molar refractivity (Wildman–Crippen MR) is 97.8 cm³/mol. The summed E-state index contributed by atoms with van der Waals surface area (Å²) < 4.78 is 7.42. The highest BCUT2D eigenvalue weighted by Gasteiger charge is 2.13. The Balaban J connectivity index is 1.94. The second kappa shape index (κ2) is 7.30. The molecule has 1 aromatic heterocycles. The number of hydrazine groups is 1. The van der Waals surface area contributed by atoms with Crippen molar-refractivity contribution in [3.8, 4) is 11.5 Å². The highest BCUT2D eigenvalue weighted by Crippen LogP contribution is 2.38. The molecule has 1 aliphatic rings. The summed E-state index contributed by atoms with van der Waals surface area (Å²) in [5.74, 6) is 6.16. The van der Waals surface area contributed by atoms with Gasteiger partial charge in [-0.05, 0) is 43.9 Å². The number of ether oxygens (including phenoxy) is 1. The van der Waals surface area contributed by atoms with Crippen LogP contribution in [0.5, 0.6) is 11.5 Å². The number of aromatic nitrogens is 1. The largest absolute Gasteiger partial charge is 0.453 e. The highest BCUT2D eigenvalue weighted by molar-refractivity contribution is 6.37. The smallest absolute Gasteiger partial charge is 0.255 e. The number of allylic oxidation sites excluding steroid dienone is 2. The third-order valence-corrected chi connectivity index (χ3v) is 4.41. The summed E-state index contributed by atoms with van der Waals surface area (Å²) in [5, 5.41) is 0.648. The number of halogens is 2. The van der Waals surface area contributed by atoms with Crippen molar-refractivity contribution in [3.63, 3.8) is 0 Å². The van der Waals surface area contributed by atoms with Crippen LogP contribution in [0.2, 0.25) is 10.0 Å². The monoisotopic (exact) mass is 365 g/mol. The van der Waals surface area contributed by atoms with Crippen molar-refractivity contribution in [2.45, 2.75) is 25.7 Å². The number of nitrogens with zero attached hydrogens (tertiary/aromatic N) is 1. The number of pyridine rings is 1. The van der Waals surface area contributed by atoms with E-state index in [1.165, 1.54) is 6.07 Å². The van der Waals surface area contributed by atoms with E-state index in [1.54, 1.807) is 29.0 Å². The molecule has 0 radical (unpaired) electrons. The molecule has 0 saturated heterocycles. The Morgan fingerprint density at radius 2 is 1.92 bits per heavy atom. The molecule has 0 unspecified atom stereocenters. The van der Waals surface area contributed by atoms with Gasteiger partial charge >= 0.3 is 0 Å². The van der Waals surface area contributed by atoms with E-state index in [2.05, 4.69) is 11.5 Å². The summed E-state index contributed by atoms with van der Waals surface area (Å²) in [7, 11) is 0. The van der Waals surface area contributed by atoms with Crippen LogP contribution in [0.15, 0.2) is 41.3 Å². The minimum atomic E-state index is -0.0876. The second-order valence-electron chi connectivity index (χ2n) is 5.53. The van der Waals surface area contributed by atoms with Gasteiger partial charge in [0.25, 0.3) is 5.56 Å². The SMILES string of the molecule is NNc1cc(Cl)c(Oc2ccc(=O)n(C3=CCCCC3)c2)c(Cl)c1. The summed E-state index contributed by atoms with van der Waals surface area (Å²) in [5.41, 5.74) is 3.97. The van der Waals surface area contributed by atoms with Gasteiger partial charge in [-0.15, -0.1) is 0 Å². The maximum atomic E-state index is 12.1. The van der Waals surface area contributed by atoms with E-state index in [-0.39, 0.29) is 5.56 Å². The van der Waals surface area contributed by atoms with Crippen molar-refractivity contribution in [1.29, 1.82) is 0 Å². The van der Waals surface area contributed by atoms with Crippen LogP contribution in [0.4, 0.5) is 5.69 Å². The van der Waals surface area contributed by atoms with Crippen LogP contribution in [-0.2, 0) is 0 Å². The molecule has 2 aromatic rings. The Morgan fingerprint density at radius 3 is 2.54 bits per heavy atom. The molecule has 3 N–H and O–H groups in total. The van der Waals surface area contributed by atoms with Gasteiger partial charge in [-0.25, -0.2) is 0 Å². The van der Waals surface area contributed by atoms with Gasteiger partial charge < -0.3 is 10.2 Å². The van der Waals surface area contributed by atoms with Crippen molar-refractivity contribution in [3.05, 3.63) is 56.9 Å². The number of rotatable bonds is 4. The van der Waals surface area contributed by atoms with Crippen LogP contribution in [0.25, 0.3) is 5.70 Å². The number of hydrogen-bond acceptors (Lipinski definition) is 4. The average Bonchev–Trinajstić information content (AvgIpc) is 2.60. The van der Waals surface area contributed by atoms with Crippen LogP contribution in [0.3, 0.4) is 0 Å². The number of hydrogen-bond donors (Lipinski definition) is 2. The zero-order chi connectivity index (χ0) is 17.1. The molecule has 1 heterocycles. The Morgan fingerprint density at radius 1 is 1.17 bits per heavy atom. The fraction of sp³-hybridized carbons (Fsp3) is 0.235. The summed E-state index contributed by atoms with van der Waals surface area (Å²) in [6, 6.07) is 6.30. The quantitative estimate of drug-likeness (QED) is 0.611. The molecule has 0 bridgehead atoms.